The van der Waals surface area contributed by atoms with Gasteiger partial charge in [0.15, 0.2) is 0 Å². The molecule has 0 aliphatic carbocycles. The van der Waals surface area contributed by atoms with Crippen molar-refractivity contribution >= 4 is 17.9 Å². The molecule has 0 aliphatic heterocycles. The molecule has 1 aromatic rings. The largest absolute Gasteiger partial charge is 0.481 e. The summed E-state index contributed by atoms with van der Waals surface area (Å²) in [4.78, 5) is 32.4. The van der Waals surface area contributed by atoms with E-state index >= 15 is 0 Å². The van der Waals surface area contributed by atoms with Crippen LogP contribution in [-0.2, 0) is 20.8 Å². The molecule has 7 heteroatoms. The third kappa shape index (κ3) is 5.49. The summed E-state index contributed by atoms with van der Waals surface area (Å²) in [6.07, 6.45) is -0.342. The van der Waals surface area contributed by atoms with Crippen LogP contribution in [0, 0.1) is 0 Å². The minimum absolute atomic E-state index is 0.00867. The van der Waals surface area contributed by atoms with Crippen LogP contribution in [-0.4, -0.2) is 34.2 Å². The number of nitrogens with two attached hydrogens (primary N) is 1. The molecule has 0 amide bonds. The molecule has 0 spiro atoms. The molecule has 0 saturated heterocycles. The first kappa shape index (κ1) is 15.6. The molecule has 20 heavy (non-hydrogen) atoms. The van der Waals surface area contributed by atoms with Crippen molar-refractivity contribution in [1.29, 1.82) is 0 Å². The van der Waals surface area contributed by atoms with Crippen molar-refractivity contribution in [3.8, 4) is 5.75 Å². The van der Waals surface area contributed by atoms with E-state index in [1.54, 1.807) is 0 Å². The number of hydrogen-bond donors (Lipinski definition) is 3. The lowest BCUT2D eigenvalue weighted by Gasteiger charge is -2.10. The summed E-state index contributed by atoms with van der Waals surface area (Å²) >= 11 is 0. The molecule has 7 nitrogen and oxygen atoms in total. The Bertz CT molecular complexity index is 496. The molecule has 0 bridgehead atoms. The Morgan fingerprint density at radius 1 is 1.10 bits per heavy atom. The first-order valence-electron chi connectivity index (χ1n) is 5.88. The molecule has 0 saturated carbocycles. The predicted molar refractivity (Wildman–Crippen MR) is 68.3 cm³/mol. The van der Waals surface area contributed by atoms with Crippen LogP contribution in [0.15, 0.2) is 24.3 Å². The number of aliphatic carboxylic acids is 2. The van der Waals surface area contributed by atoms with Gasteiger partial charge in [0.05, 0.1) is 6.42 Å². The molecule has 1 aromatic carbocycles. The molecule has 0 heterocycles. The number of esters is 1. The summed E-state index contributed by atoms with van der Waals surface area (Å²) in [7, 11) is 0. The summed E-state index contributed by atoms with van der Waals surface area (Å²) in [6, 6.07) is 4.96. The van der Waals surface area contributed by atoms with Crippen LogP contribution in [0.5, 0.6) is 5.75 Å². The zero-order chi connectivity index (χ0) is 15.1. The standard InChI is InChI=1S/C13H15NO6/c14-10(5-6-11(15)16)13(19)20-9-3-1-8(2-4-9)7-12(17)18/h1-4,10H,5-7,14H2,(H,15,16)(H,17,18)/t10-/m1/s1. The van der Waals surface area contributed by atoms with Gasteiger partial charge in [0.25, 0.3) is 0 Å². The van der Waals surface area contributed by atoms with Gasteiger partial charge in [-0.15, -0.1) is 0 Å². The predicted octanol–water partition coefficient (Wildman–Crippen LogP) is 0.411. The number of carbonyl (C=O) groups excluding carboxylic acids is 1. The van der Waals surface area contributed by atoms with Crippen LogP contribution >= 0.6 is 0 Å². The molecule has 4 N–H and O–H groups in total. The van der Waals surface area contributed by atoms with E-state index in [4.69, 9.17) is 20.7 Å². The lowest BCUT2D eigenvalue weighted by atomic mass is 10.1. The van der Waals surface area contributed by atoms with Gasteiger partial charge in [0.2, 0.25) is 0 Å². The van der Waals surface area contributed by atoms with Crippen molar-refractivity contribution in [3.05, 3.63) is 29.8 Å². The van der Waals surface area contributed by atoms with Crippen molar-refractivity contribution < 1.29 is 29.3 Å². The zero-order valence-electron chi connectivity index (χ0n) is 10.6. The zero-order valence-corrected chi connectivity index (χ0v) is 10.6. The lowest BCUT2D eigenvalue weighted by Crippen LogP contribution is -2.34. The highest BCUT2D eigenvalue weighted by Gasteiger charge is 2.17. The number of ether oxygens (including phenoxy) is 1. The van der Waals surface area contributed by atoms with Crippen LogP contribution in [0.25, 0.3) is 0 Å². The van der Waals surface area contributed by atoms with Crippen molar-refractivity contribution in [3.63, 3.8) is 0 Å². The van der Waals surface area contributed by atoms with Crippen LogP contribution in [0.1, 0.15) is 18.4 Å². The monoisotopic (exact) mass is 281 g/mol. The highest BCUT2D eigenvalue weighted by molar-refractivity contribution is 5.79. The quantitative estimate of drug-likeness (QED) is 0.488. The van der Waals surface area contributed by atoms with E-state index in [2.05, 4.69) is 0 Å². The molecule has 0 radical (unpaired) electrons. The molecule has 108 valence electrons. The first-order valence-corrected chi connectivity index (χ1v) is 5.88. The van der Waals surface area contributed by atoms with E-state index in [9.17, 15) is 14.4 Å². The van der Waals surface area contributed by atoms with Crippen molar-refractivity contribution in [2.45, 2.75) is 25.3 Å². The molecular formula is C13H15NO6. The van der Waals surface area contributed by atoms with Crippen molar-refractivity contribution in [1.82, 2.24) is 0 Å². The van der Waals surface area contributed by atoms with Crippen LogP contribution in [0.2, 0.25) is 0 Å². The smallest absolute Gasteiger partial charge is 0.328 e. The van der Waals surface area contributed by atoms with E-state index in [0.717, 1.165) is 0 Å². The minimum atomic E-state index is -1.04. The average molecular weight is 281 g/mol. The second-order valence-electron chi connectivity index (χ2n) is 4.17. The fourth-order valence-electron chi connectivity index (χ4n) is 1.44. The summed E-state index contributed by atoms with van der Waals surface area (Å²) in [6.45, 7) is 0. The summed E-state index contributed by atoms with van der Waals surface area (Å²) < 4.78 is 4.96. The molecular weight excluding hydrogens is 266 g/mol. The maximum Gasteiger partial charge on any atom is 0.328 e. The van der Waals surface area contributed by atoms with Crippen molar-refractivity contribution in [2.75, 3.05) is 0 Å². The maximum absolute atomic E-state index is 11.6. The summed E-state index contributed by atoms with van der Waals surface area (Å²) in [5.41, 5.74) is 6.07. The highest BCUT2D eigenvalue weighted by Crippen LogP contribution is 2.13. The van der Waals surface area contributed by atoms with E-state index in [0.29, 0.717) is 5.56 Å². The Hall–Kier alpha value is -2.41. The molecule has 0 aromatic heterocycles. The SMILES string of the molecule is N[C@H](CCC(=O)O)C(=O)Oc1ccc(CC(=O)O)cc1. The first-order chi connectivity index (χ1) is 9.38. The molecule has 1 rings (SSSR count). The fraction of sp³-hybridized carbons (Fsp3) is 0.308. The Kier molecular flexibility index (Phi) is 5.67. The Balaban J connectivity index is 2.53. The third-order valence-corrected chi connectivity index (χ3v) is 2.47. The molecule has 0 fully saturated rings. The Morgan fingerprint density at radius 3 is 2.20 bits per heavy atom. The van der Waals surface area contributed by atoms with E-state index in [-0.39, 0.29) is 25.0 Å². The van der Waals surface area contributed by atoms with E-state index < -0.39 is 23.9 Å². The third-order valence-electron chi connectivity index (χ3n) is 2.47. The normalized spacial score (nSPS) is 11.7. The van der Waals surface area contributed by atoms with Gasteiger partial charge in [-0.1, -0.05) is 12.1 Å². The van der Waals surface area contributed by atoms with Crippen LogP contribution in [0.3, 0.4) is 0 Å². The second-order valence-corrected chi connectivity index (χ2v) is 4.17. The second kappa shape index (κ2) is 7.25. The van der Waals surface area contributed by atoms with E-state index in [1.165, 1.54) is 24.3 Å². The number of hydrogen-bond acceptors (Lipinski definition) is 5. The number of carboxylic acids is 2. The van der Waals surface area contributed by atoms with Gasteiger partial charge in [-0.25, -0.2) is 4.79 Å². The Labute approximate surface area is 115 Å². The van der Waals surface area contributed by atoms with Gasteiger partial charge >= 0.3 is 17.9 Å². The number of carbonyl (C=O) groups is 3. The van der Waals surface area contributed by atoms with Gasteiger partial charge in [0.1, 0.15) is 11.8 Å². The number of benzene rings is 1. The fourth-order valence-corrected chi connectivity index (χ4v) is 1.44. The lowest BCUT2D eigenvalue weighted by molar-refractivity contribution is -0.139. The topological polar surface area (TPSA) is 127 Å². The summed E-state index contributed by atoms with van der Waals surface area (Å²) in [5, 5.41) is 17.1. The molecule has 0 unspecified atom stereocenters. The van der Waals surface area contributed by atoms with Crippen LogP contribution < -0.4 is 10.5 Å². The number of carboxylic acid groups (broad SMARTS) is 2. The van der Waals surface area contributed by atoms with Crippen LogP contribution in [0.4, 0.5) is 0 Å². The maximum atomic E-state index is 11.6. The number of rotatable bonds is 7. The van der Waals surface area contributed by atoms with Gasteiger partial charge in [0, 0.05) is 6.42 Å². The van der Waals surface area contributed by atoms with Gasteiger partial charge < -0.3 is 20.7 Å². The van der Waals surface area contributed by atoms with Gasteiger partial charge in [-0.3, -0.25) is 9.59 Å². The molecule has 0 aliphatic rings. The molecule has 1 atom stereocenters. The van der Waals surface area contributed by atoms with E-state index in [1.807, 2.05) is 0 Å². The summed E-state index contributed by atoms with van der Waals surface area (Å²) in [5.74, 6) is -2.48. The minimum Gasteiger partial charge on any atom is -0.481 e. The average Bonchev–Trinajstić information content (AvgIpc) is 2.37. The highest BCUT2D eigenvalue weighted by atomic mass is 16.5. The van der Waals surface area contributed by atoms with Gasteiger partial charge in [-0.05, 0) is 24.1 Å². The van der Waals surface area contributed by atoms with Gasteiger partial charge in [-0.2, -0.15) is 0 Å². The Morgan fingerprint density at radius 2 is 1.70 bits per heavy atom. The van der Waals surface area contributed by atoms with Crippen molar-refractivity contribution in [2.24, 2.45) is 5.73 Å².